The van der Waals surface area contributed by atoms with Gasteiger partial charge in [-0.2, -0.15) is 0 Å². The summed E-state index contributed by atoms with van der Waals surface area (Å²) in [5.41, 5.74) is 0. The first-order valence-electron chi connectivity index (χ1n) is 5.08. The van der Waals surface area contributed by atoms with E-state index in [1.165, 1.54) is 4.88 Å². The van der Waals surface area contributed by atoms with Crippen molar-refractivity contribution >= 4 is 27.3 Å². The van der Waals surface area contributed by atoms with E-state index >= 15 is 0 Å². The molecule has 4 heteroatoms. The molecule has 0 atom stereocenters. The van der Waals surface area contributed by atoms with E-state index < -0.39 is 0 Å². The molecule has 0 saturated heterocycles. The molecular formula is C11H17BrO2S. The van der Waals surface area contributed by atoms with Gasteiger partial charge in [0.15, 0.2) is 0 Å². The molecule has 0 aliphatic heterocycles. The van der Waals surface area contributed by atoms with Crippen molar-refractivity contribution in [3.8, 4) is 0 Å². The van der Waals surface area contributed by atoms with Crippen LogP contribution in [0.3, 0.4) is 0 Å². The van der Waals surface area contributed by atoms with Crippen LogP contribution < -0.4 is 0 Å². The summed E-state index contributed by atoms with van der Waals surface area (Å²) in [5, 5.41) is 0. The molecule has 1 aromatic rings. The van der Waals surface area contributed by atoms with Gasteiger partial charge in [0.2, 0.25) is 0 Å². The molecule has 0 N–H and O–H groups in total. The zero-order chi connectivity index (χ0) is 11.1. The van der Waals surface area contributed by atoms with Crippen molar-refractivity contribution in [2.75, 3.05) is 19.8 Å². The topological polar surface area (TPSA) is 18.5 Å². The van der Waals surface area contributed by atoms with Gasteiger partial charge >= 0.3 is 0 Å². The van der Waals surface area contributed by atoms with Gasteiger partial charge < -0.3 is 9.47 Å². The fourth-order valence-electron chi connectivity index (χ4n) is 1.04. The Kier molecular flexibility index (Phi) is 6.48. The van der Waals surface area contributed by atoms with Gasteiger partial charge in [-0.3, -0.25) is 0 Å². The molecule has 1 aromatic heterocycles. The molecule has 15 heavy (non-hydrogen) atoms. The lowest BCUT2D eigenvalue weighted by atomic mass is 10.2. The molecule has 0 bridgehead atoms. The largest absolute Gasteiger partial charge is 0.379 e. The van der Waals surface area contributed by atoms with Crippen LogP contribution in [-0.2, 0) is 16.1 Å². The zero-order valence-corrected chi connectivity index (χ0v) is 11.6. The van der Waals surface area contributed by atoms with Crippen LogP contribution in [0.5, 0.6) is 0 Å². The Morgan fingerprint density at radius 1 is 1.27 bits per heavy atom. The van der Waals surface area contributed by atoms with Crippen molar-refractivity contribution in [1.29, 1.82) is 0 Å². The first kappa shape index (κ1) is 13.2. The average Bonchev–Trinajstić information content (AvgIpc) is 2.57. The van der Waals surface area contributed by atoms with Crippen LogP contribution >= 0.6 is 27.3 Å². The number of halogens is 1. The van der Waals surface area contributed by atoms with Gasteiger partial charge in [0.1, 0.15) is 0 Å². The number of hydrogen-bond donors (Lipinski definition) is 0. The highest BCUT2D eigenvalue weighted by Gasteiger charge is 1.98. The van der Waals surface area contributed by atoms with Crippen molar-refractivity contribution in [3.05, 3.63) is 20.8 Å². The minimum Gasteiger partial charge on any atom is -0.379 e. The fraction of sp³-hybridized carbons (Fsp3) is 0.636. The summed E-state index contributed by atoms with van der Waals surface area (Å²) in [6.07, 6.45) is 0. The molecule has 0 aliphatic carbocycles. The van der Waals surface area contributed by atoms with Gasteiger partial charge in [-0.05, 0) is 34.0 Å². The highest BCUT2D eigenvalue weighted by molar-refractivity contribution is 9.11. The van der Waals surface area contributed by atoms with Crippen LogP contribution in [0.25, 0.3) is 0 Å². The molecule has 2 nitrogen and oxygen atoms in total. The van der Waals surface area contributed by atoms with Gasteiger partial charge in [-0.1, -0.05) is 13.8 Å². The predicted molar refractivity (Wildman–Crippen MR) is 67.3 cm³/mol. The molecule has 1 heterocycles. The molecule has 0 saturated carbocycles. The summed E-state index contributed by atoms with van der Waals surface area (Å²) < 4.78 is 12.0. The van der Waals surface area contributed by atoms with Gasteiger partial charge in [0.25, 0.3) is 0 Å². The van der Waals surface area contributed by atoms with Gasteiger partial charge in [0, 0.05) is 11.5 Å². The normalized spacial score (nSPS) is 11.2. The fourth-order valence-corrected chi connectivity index (χ4v) is 2.46. The van der Waals surface area contributed by atoms with Gasteiger partial charge in [0.05, 0.1) is 23.6 Å². The molecule has 1 rings (SSSR count). The minimum atomic E-state index is 0.596. The summed E-state index contributed by atoms with van der Waals surface area (Å²) in [6.45, 7) is 7.14. The highest BCUT2D eigenvalue weighted by Crippen LogP contribution is 2.22. The monoisotopic (exact) mass is 292 g/mol. The van der Waals surface area contributed by atoms with E-state index in [4.69, 9.17) is 9.47 Å². The molecule has 0 spiro atoms. The quantitative estimate of drug-likeness (QED) is 0.714. The van der Waals surface area contributed by atoms with E-state index in [9.17, 15) is 0 Å². The molecule has 0 aliphatic rings. The molecule has 0 fully saturated rings. The Morgan fingerprint density at radius 3 is 2.60 bits per heavy atom. The van der Waals surface area contributed by atoms with Crippen LogP contribution in [-0.4, -0.2) is 19.8 Å². The molecule has 0 amide bonds. The van der Waals surface area contributed by atoms with Crippen LogP contribution in [0.4, 0.5) is 0 Å². The maximum absolute atomic E-state index is 5.48. The van der Waals surface area contributed by atoms with E-state index in [0.29, 0.717) is 25.7 Å². The number of hydrogen-bond acceptors (Lipinski definition) is 3. The first-order valence-corrected chi connectivity index (χ1v) is 6.69. The Hall–Kier alpha value is 0.1000. The number of thiophene rings is 1. The van der Waals surface area contributed by atoms with Gasteiger partial charge in [-0.25, -0.2) is 0 Å². The van der Waals surface area contributed by atoms with E-state index in [0.717, 1.165) is 10.4 Å². The van der Waals surface area contributed by atoms with Crippen molar-refractivity contribution in [3.63, 3.8) is 0 Å². The smallest absolute Gasteiger partial charge is 0.0810 e. The number of rotatable bonds is 7. The summed E-state index contributed by atoms with van der Waals surface area (Å²) >= 11 is 5.13. The third-order valence-electron chi connectivity index (χ3n) is 1.70. The minimum absolute atomic E-state index is 0.596. The van der Waals surface area contributed by atoms with Crippen molar-refractivity contribution < 1.29 is 9.47 Å². The molecule has 0 radical (unpaired) electrons. The summed E-state index contributed by atoms with van der Waals surface area (Å²) in [4.78, 5) is 1.24. The predicted octanol–water partition coefficient (Wildman–Crippen LogP) is 3.70. The second-order valence-corrected chi connectivity index (χ2v) is 6.27. The van der Waals surface area contributed by atoms with Crippen molar-refractivity contribution in [2.24, 2.45) is 5.92 Å². The second kappa shape index (κ2) is 7.39. The number of ether oxygens (including phenoxy) is 2. The SMILES string of the molecule is CC(C)COCCOCc1ccc(Br)s1. The van der Waals surface area contributed by atoms with E-state index in [2.05, 4.69) is 35.8 Å². The van der Waals surface area contributed by atoms with Crippen LogP contribution in [0.1, 0.15) is 18.7 Å². The lowest BCUT2D eigenvalue weighted by molar-refractivity contribution is 0.0322. The first-order chi connectivity index (χ1) is 7.18. The lowest BCUT2D eigenvalue weighted by Gasteiger charge is -2.06. The molecule has 0 aromatic carbocycles. The van der Waals surface area contributed by atoms with Crippen molar-refractivity contribution in [2.45, 2.75) is 20.5 Å². The summed E-state index contributed by atoms with van der Waals surface area (Å²) in [6, 6.07) is 4.11. The summed E-state index contributed by atoms with van der Waals surface area (Å²) in [7, 11) is 0. The Bertz CT molecular complexity index is 273. The zero-order valence-electron chi connectivity index (χ0n) is 9.16. The third-order valence-corrected chi connectivity index (χ3v) is 3.29. The second-order valence-electron chi connectivity index (χ2n) is 3.73. The maximum Gasteiger partial charge on any atom is 0.0810 e. The molecule has 86 valence electrons. The van der Waals surface area contributed by atoms with E-state index in [1.54, 1.807) is 11.3 Å². The van der Waals surface area contributed by atoms with E-state index in [-0.39, 0.29) is 0 Å². The average molecular weight is 293 g/mol. The highest BCUT2D eigenvalue weighted by atomic mass is 79.9. The Balaban J connectivity index is 1.98. The van der Waals surface area contributed by atoms with Gasteiger partial charge in [-0.15, -0.1) is 11.3 Å². The standard InChI is InChI=1S/C11H17BrO2S/c1-9(2)7-13-5-6-14-8-10-3-4-11(12)15-10/h3-4,9H,5-8H2,1-2H3. The molecule has 0 unspecified atom stereocenters. The Morgan fingerprint density at radius 2 is 2.00 bits per heavy atom. The van der Waals surface area contributed by atoms with Crippen molar-refractivity contribution in [1.82, 2.24) is 0 Å². The summed E-state index contributed by atoms with van der Waals surface area (Å²) in [5.74, 6) is 0.596. The Labute approximate surface area is 104 Å². The van der Waals surface area contributed by atoms with Crippen LogP contribution in [0.15, 0.2) is 15.9 Å². The third kappa shape index (κ3) is 6.30. The maximum atomic E-state index is 5.48. The van der Waals surface area contributed by atoms with Crippen LogP contribution in [0.2, 0.25) is 0 Å². The van der Waals surface area contributed by atoms with E-state index in [1.807, 2.05) is 6.07 Å². The van der Waals surface area contributed by atoms with Crippen LogP contribution in [0, 0.1) is 5.92 Å². The molecular weight excluding hydrogens is 276 g/mol. The lowest BCUT2D eigenvalue weighted by Crippen LogP contribution is -2.08.